The summed E-state index contributed by atoms with van der Waals surface area (Å²) in [5.41, 5.74) is -0.371. The van der Waals surface area contributed by atoms with Crippen molar-refractivity contribution in [2.45, 2.75) is 31.0 Å². The van der Waals surface area contributed by atoms with Crippen molar-refractivity contribution in [1.29, 1.82) is 0 Å². The first-order valence-electron chi connectivity index (χ1n) is 7.68. The van der Waals surface area contributed by atoms with Crippen molar-refractivity contribution in [2.75, 3.05) is 24.6 Å². The van der Waals surface area contributed by atoms with Crippen molar-refractivity contribution in [1.82, 2.24) is 4.98 Å². The molecular formula is C16H18F3N3OS. The van der Waals surface area contributed by atoms with Crippen molar-refractivity contribution in [2.24, 2.45) is 4.99 Å². The number of rotatable bonds is 4. The number of nitrogens with zero attached hydrogens (tertiary/aromatic N) is 3. The number of hydrogen-bond acceptors (Lipinski definition) is 5. The summed E-state index contributed by atoms with van der Waals surface area (Å²) in [4.78, 5) is 10.7. The van der Waals surface area contributed by atoms with Crippen LogP contribution in [0.3, 0.4) is 0 Å². The van der Waals surface area contributed by atoms with Gasteiger partial charge >= 0.3 is 6.18 Å². The van der Waals surface area contributed by atoms with Gasteiger partial charge in [-0.15, -0.1) is 0 Å². The molecule has 0 bridgehead atoms. The maximum Gasteiger partial charge on any atom is 0.416 e. The quantitative estimate of drug-likeness (QED) is 0.848. The summed E-state index contributed by atoms with van der Waals surface area (Å²) >= 11 is 1.27. The molecule has 0 aliphatic carbocycles. The van der Waals surface area contributed by atoms with Crippen LogP contribution in [0.2, 0.25) is 0 Å². The number of aliphatic hydroxyl groups excluding tert-OH is 1. The fourth-order valence-electron chi connectivity index (χ4n) is 3.03. The Labute approximate surface area is 141 Å². The number of aliphatic imine (C=N–C) groups is 1. The number of anilines is 1. The zero-order valence-corrected chi connectivity index (χ0v) is 13.8. The van der Waals surface area contributed by atoms with E-state index in [1.165, 1.54) is 17.4 Å². The van der Waals surface area contributed by atoms with Crippen LogP contribution in [0.15, 0.2) is 23.2 Å². The second-order valence-corrected chi connectivity index (χ2v) is 7.03. The van der Waals surface area contributed by atoms with E-state index in [0.29, 0.717) is 29.7 Å². The van der Waals surface area contributed by atoms with Gasteiger partial charge in [0.15, 0.2) is 5.13 Å². The minimum atomic E-state index is -4.34. The third-order valence-corrected chi connectivity index (χ3v) is 5.66. The second-order valence-electron chi connectivity index (χ2n) is 6.02. The fraction of sp³-hybridized carbons (Fsp3) is 0.500. The molecule has 0 unspecified atom stereocenters. The molecule has 3 rings (SSSR count). The van der Waals surface area contributed by atoms with E-state index in [4.69, 9.17) is 0 Å². The molecule has 1 aliphatic heterocycles. The van der Waals surface area contributed by atoms with E-state index < -0.39 is 11.7 Å². The Kier molecular flexibility index (Phi) is 4.52. The van der Waals surface area contributed by atoms with E-state index in [9.17, 15) is 18.3 Å². The molecule has 0 amide bonds. The highest BCUT2D eigenvalue weighted by Gasteiger charge is 2.34. The lowest BCUT2D eigenvalue weighted by Crippen LogP contribution is -2.43. The molecular weight excluding hydrogens is 339 g/mol. The minimum Gasteiger partial charge on any atom is -0.396 e. The first-order chi connectivity index (χ1) is 11.4. The van der Waals surface area contributed by atoms with Crippen LogP contribution in [-0.2, 0) is 6.18 Å². The smallest absolute Gasteiger partial charge is 0.396 e. The zero-order chi connectivity index (χ0) is 17.4. The molecule has 0 saturated carbocycles. The molecule has 130 valence electrons. The summed E-state index contributed by atoms with van der Waals surface area (Å²) in [7, 11) is 0. The first kappa shape index (κ1) is 17.2. The number of alkyl halides is 3. The van der Waals surface area contributed by atoms with Crippen molar-refractivity contribution in [3.05, 3.63) is 23.8 Å². The summed E-state index contributed by atoms with van der Waals surface area (Å²) in [5, 5.41) is 9.91. The predicted octanol–water partition coefficient (Wildman–Crippen LogP) is 3.74. The summed E-state index contributed by atoms with van der Waals surface area (Å²) < 4.78 is 39.0. The van der Waals surface area contributed by atoms with Crippen LogP contribution in [-0.4, -0.2) is 42.0 Å². The topological polar surface area (TPSA) is 48.7 Å². The van der Waals surface area contributed by atoms with Crippen molar-refractivity contribution < 1.29 is 18.3 Å². The van der Waals surface area contributed by atoms with Gasteiger partial charge in [0.2, 0.25) is 0 Å². The van der Waals surface area contributed by atoms with E-state index in [-0.39, 0.29) is 12.1 Å². The highest BCUT2D eigenvalue weighted by molar-refractivity contribution is 7.22. The summed E-state index contributed by atoms with van der Waals surface area (Å²) in [5.74, 6) is 0. The van der Waals surface area contributed by atoms with Crippen LogP contribution in [0.1, 0.15) is 24.8 Å². The molecule has 24 heavy (non-hydrogen) atoms. The number of piperidine rings is 1. The van der Waals surface area contributed by atoms with Crippen molar-refractivity contribution in [3.8, 4) is 0 Å². The molecule has 0 spiro atoms. The van der Waals surface area contributed by atoms with Gasteiger partial charge in [0, 0.05) is 19.7 Å². The van der Waals surface area contributed by atoms with Gasteiger partial charge in [0.05, 0.1) is 21.3 Å². The van der Waals surface area contributed by atoms with E-state index >= 15 is 0 Å². The first-order valence-corrected chi connectivity index (χ1v) is 8.50. The number of aromatic nitrogens is 1. The Morgan fingerprint density at radius 2 is 2.04 bits per heavy atom. The number of halogens is 3. The third kappa shape index (κ3) is 3.25. The summed E-state index contributed by atoms with van der Waals surface area (Å²) in [6, 6.07) is 3.64. The van der Waals surface area contributed by atoms with Crippen molar-refractivity contribution >= 4 is 33.4 Å². The molecule has 1 aromatic carbocycles. The zero-order valence-electron chi connectivity index (χ0n) is 13.0. The Balaban J connectivity index is 1.80. The molecule has 2 heterocycles. The average molecular weight is 357 g/mol. The molecule has 1 aliphatic rings. The maximum absolute atomic E-state index is 12.8. The molecule has 2 aromatic rings. The number of hydrogen-bond donors (Lipinski definition) is 1. The van der Waals surface area contributed by atoms with Gasteiger partial charge in [-0.25, -0.2) is 4.98 Å². The summed E-state index contributed by atoms with van der Waals surface area (Å²) in [6.07, 6.45) is -2.26. The largest absolute Gasteiger partial charge is 0.416 e. The van der Waals surface area contributed by atoms with E-state index in [0.717, 1.165) is 30.1 Å². The molecule has 1 fully saturated rings. The molecule has 0 radical (unpaired) electrons. The fourth-order valence-corrected chi connectivity index (χ4v) is 4.09. The van der Waals surface area contributed by atoms with Crippen LogP contribution >= 0.6 is 11.3 Å². The van der Waals surface area contributed by atoms with Gasteiger partial charge in [-0.05, 0) is 44.2 Å². The molecule has 0 atom stereocenters. The Hall–Kier alpha value is -1.67. The van der Waals surface area contributed by atoms with Crippen LogP contribution < -0.4 is 4.90 Å². The Bertz CT molecular complexity index is 736. The van der Waals surface area contributed by atoms with Gasteiger partial charge in [0.1, 0.15) is 0 Å². The molecule has 4 nitrogen and oxygen atoms in total. The van der Waals surface area contributed by atoms with Crippen LogP contribution in [0.5, 0.6) is 0 Å². The Morgan fingerprint density at radius 3 is 2.62 bits per heavy atom. The van der Waals surface area contributed by atoms with Gasteiger partial charge < -0.3 is 10.0 Å². The molecule has 8 heteroatoms. The van der Waals surface area contributed by atoms with Crippen LogP contribution in [0.25, 0.3) is 10.2 Å². The van der Waals surface area contributed by atoms with E-state index in [1.807, 2.05) is 0 Å². The number of aliphatic hydroxyl groups is 1. The number of thiazole rings is 1. The minimum absolute atomic E-state index is 0.0698. The van der Waals surface area contributed by atoms with Gasteiger partial charge in [-0.2, -0.15) is 13.2 Å². The molecule has 1 aromatic heterocycles. The normalized spacial score (nSPS) is 18.1. The average Bonchev–Trinajstić information content (AvgIpc) is 2.98. The number of benzene rings is 1. The molecule has 1 saturated heterocycles. The third-order valence-electron chi connectivity index (χ3n) is 4.58. The maximum atomic E-state index is 12.8. The lowest BCUT2D eigenvalue weighted by Gasteiger charge is -2.38. The van der Waals surface area contributed by atoms with E-state index in [1.54, 1.807) is 0 Å². The van der Waals surface area contributed by atoms with E-state index in [2.05, 4.69) is 21.6 Å². The lowest BCUT2D eigenvalue weighted by atomic mass is 9.85. The summed E-state index contributed by atoms with van der Waals surface area (Å²) in [6.45, 7) is 5.11. The highest BCUT2D eigenvalue weighted by Crippen LogP contribution is 2.37. The predicted molar refractivity (Wildman–Crippen MR) is 90.1 cm³/mol. The lowest BCUT2D eigenvalue weighted by molar-refractivity contribution is -0.137. The van der Waals surface area contributed by atoms with Gasteiger partial charge in [-0.3, -0.25) is 4.99 Å². The monoisotopic (exact) mass is 357 g/mol. The van der Waals surface area contributed by atoms with Gasteiger partial charge in [0.25, 0.3) is 0 Å². The standard InChI is InChI=1S/C16H18F3N3OS/c1-20-15(6-9-23)4-7-22(8-5-15)14-21-12-3-2-11(16(17,18)19)10-13(12)24-14/h2-3,10,23H,1,4-9H2. The van der Waals surface area contributed by atoms with Crippen LogP contribution in [0, 0.1) is 0 Å². The SMILES string of the molecule is C=NC1(CCO)CCN(c2nc3ccc(C(F)(F)F)cc3s2)CC1. The van der Waals surface area contributed by atoms with Crippen LogP contribution in [0.4, 0.5) is 18.3 Å². The second kappa shape index (κ2) is 6.33. The van der Waals surface area contributed by atoms with Gasteiger partial charge in [-0.1, -0.05) is 11.3 Å². The highest BCUT2D eigenvalue weighted by atomic mass is 32.1. The van der Waals surface area contributed by atoms with Crippen molar-refractivity contribution in [3.63, 3.8) is 0 Å². The Morgan fingerprint density at radius 1 is 1.33 bits per heavy atom. The number of fused-ring (bicyclic) bond motifs is 1. The molecule has 1 N–H and O–H groups in total.